The van der Waals surface area contributed by atoms with Gasteiger partial charge in [0.25, 0.3) is 0 Å². The summed E-state index contributed by atoms with van der Waals surface area (Å²) in [4.78, 5) is 27.3. The maximum absolute atomic E-state index is 13.4. The van der Waals surface area contributed by atoms with Crippen LogP contribution >= 0.6 is 12.4 Å². The number of piperazine rings is 1. The summed E-state index contributed by atoms with van der Waals surface area (Å²) in [6.45, 7) is 5.16. The zero-order valence-corrected chi connectivity index (χ0v) is 16.0. The van der Waals surface area contributed by atoms with Crippen molar-refractivity contribution in [3.05, 3.63) is 0 Å². The number of rotatable bonds is 6. The molecule has 0 aromatic carbocycles. The molecule has 2 heterocycles. The van der Waals surface area contributed by atoms with E-state index in [1.807, 2.05) is 0 Å². The Hall–Kier alpha value is -1.06. The van der Waals surface area contributed by atoms with Gasteiger partial charge in [-0.2, -0.15) is 13.2 Å². The Kier molecular flexibility index (Phi) is 8.62. The number of halogens is 4. The van der Waals surface area contributed by atoms with Crippen molar-refractivity contribution < 1.29 is 22.8 Å². The number of likely N-dealkylation sites (tertiary alicyclic amines) is 1. The van der Waals surface area contributed by atoms with Crippen LogP contribution in [-0.2, 0) is 9.59 Å². The summed E-state index contributed by atoms with van der Waals surface area (Å²) in [5.41, 5.74) is 0. The van der Waals surface area contributed by atoms with Gasteiger partial charge in [0.05, 0.1) is 0 Å². The molecule has 0 saturated carbocycles. The minimum absolute atomic E-state index is 0. The molecule has 152 valence electrons. The molecule has 2 atom stereocenters. The highest BCUT2D eigenvalue weighted by Gasteiger charge is 2.44. The zero-order chi connectivity index (χ0) is 18.6. The average molecular weight is 401 g/mol. The highest BCUT2D eigenvalue weighted by molar-refractivity contribution is 5.88. The van der Waals surface area contributed by atoms with Gasteiger partial charge in [-0.15, -0.1) is 12.4 Å². The standard InChI is InChI=1S/C16H27F3N4O2.ClH/c1-11(2)14(23-7-3-4-13(23)24)15(25)21-10-12(16(17,18)19)22-8-5-20-6-9-22;/h11-12,14,20H,3-10H2,1-2H3,(H,21,25);1H. The molecule has 0 radical (unpaired) electrons. The smallest absolute Gasteiger partial charge is 0.352 e. The van der Waals surface area contributed by atoms with Crippen LogP contribution in [0.5, 0.6) is 0 Å². The second-order valence-electron chi connectivity index (χ2n) is 6.97. The topological polar surface area (TPSA) is 64.7 Å². The molecule has 2 rings (SSSR count). The summed E-state index contributed by atoms with van der Waals surface area (Å²) < 4.78 is 40.2. The molecule has 2 N–H and O–H groups in total. The summed E-state index contributed by atoms with van der Waals surface area (Å²) in [6.07, 6.45) is -3.34. The van der Waals surface area contributed by atoms with Crippen LogP contribution in [0.1, 0.15) is 26.7 Å². The van der Waals surface area contributed by atoms with Crippen molar-refractivity contribution >= 4 is 24.2 Å². The van der Waals surface area contributed by atoms with E-state index < -0.39 is 30.7 Å². The predicted octanol–water partition coefficient (Wildman–Crippen LogP) is 1.01. The SMILES string of the molecule is CC(C)C(C(=O)NCC(N1CCNCC1)C(F)(F)F)N1CCCC1=O.Cl. The van der Waals surface area contributed by atoms with Crippen molar-refractivity contribution in [1.82, 2.24) is 20.4 Å². The number of nitrogens with zero attached hydrogens (tertiary/aromatic N) is 2. The molecule has 0 aliphatic carbocycles. The van der Waals surface area contributed by atoms with Crippen LogP contribution in [0.3, 0.4) is 0 Å². The summed E-state index contributed by atoms with van der Waals surface area (Å²) in [6, 6.07) is -2.42. The Bertz CT molecular complexity index is 485. The molecule has 2 fully saturated rings. The fraction of sp³-hybridized carbons (Fsp3) is 0.875. The molecule has 0 bridgehead atoms. The zero-order valence-electron chi connectivity index (χ0n) is 15.1. The average Bonchev–Trinajstić information content (AvgIpc) is 2.93. The lowest BCUT2D eigenvalue weighted by atomic mass is 10.0. The van der Waals surface area contributed by atoms with Gasteiger partial charge in [0, 0.05) is 45.7 Å². The van der Waals surface area contributed by atoms with Gasteiger partial charge in [0.2, 0.25) is 11.8 Å². The minimum Gasteiger partial charge on any atom is -0.352 e. The molecule has 26 heavy (non-hydrogen) atoms. The van der Waals surface area contributed by atoms with Gasteiger partial charge in [0.15, 0.2) is 0 Å². The van der Waals surface area contributed by atoms with Crippen molar-refractivity contribution in [1.29, 1.82) is 0 Å². The van der Waals surface area contributed by atoms with E-state index in [0.29, 0.717) is 32.5 Å². The largest absolute Gasteiger partial charge is 0.405 e. The predicted molar refractivity (Wildman–Crippen MR) is 94.1 cm³/mol. The van der Waals surface area contributed by atoms with Crippen LogP contribution in [0, 0.1) is 5.92 Å². The van der Waals surface area contributed by atoms with Crippen molar-refractivity contribution in [2.75, 3.05) is 39.3 Å². The van der Waals surface area contributed by atoms with E-state index in [2.05, 4.69) is 10.6 Å². The summed E-state index contributed by atoms with van der Waals surface area (Å²) >= 11 is 0. The highest BCUT2D eigenvalue weighted by Crippen LogP contribution is 2.25. The van der Waals surface area contributed by atoms with Gasteiger partial charge in [0.1, 0.15) is 12.1 Å². The highest BCUT2D eigenvalue weighted by atomic mass is 35.5. The third-order valence-corrected chi connectivity index (χ3v) is 4.79. The van der Waals surface area contributed by atoms with E-state index in [-0.39, 0.29) is 37.3 Å². The monoisotopic (exact) mass is 400 g/mol. The Morgan fingerprint density at radius 3 is 2.31 bits per heavy atom. The van der Waals surface area contributed by atoms with Crippen LogP contribution in [-0.4, -0.2) is 79.1 Å². The van der Waals surface area contributed by atoms with E-state index in [9.17, 15) is 22.8 Å². The quantitative estimate of drug-likeness (QED) is 0.698. The first-order valence-electron chi connectivity index (χ1n) is 8.80. The maximum atomic E-state index is 13.4. The fourth-order valence-electron chi connectivity index (χ4n) is 3.51. The third-order valence-electron chi connectivity index (χ3n) is 4.79. The molecular formula is C16H28ClF3N4O2. The number of hydrogen-bond acceptors (Lipinski definition) is 4. The third kappa shape index (κ3) is 5.72. The van der Waals surface area contributed by atoms with Crippen LogP contribution in [0.2, 0.25) is 0 Å². The Morgan fingerprint density at radius 2 is 1.85 bits per heavy atom. The first-order valence-corrected chi connectivity index (χ1v) is 8.80. The molecule has 6 nitrogen and oxygen atoms in total. The van der Waals surface area contributed by atoms with Crippen molar-refractivity contribution in [3.8, 4) is 0 Å². The first-order chi connectivity index (χ1) is 11.7. The van der Waals surface area contributed by atoms with Gasteiger partial charge in [-0.25, -0.2) is 0 Å². The lowest BCUT2D eigenvalue weighted by Crippen LogP contribution is -2.59. The summed E-state index contributed by atoms with van der Waals surface area (Å²) in [7, 11) is 0. The van der Waals surface area contributed by atoms with E-state index in [4.69, 9.17) is 0 Å². The number of carbonyl (C=O) groups is 2. The number of carbonyl (C=O) groups excluding carboxylic acids is 2. The molecule has 10 heteroatoms. The van der Waals surface area contributed by atoms with Crippen molar-refractivity contribution in [3.63, 3.8) is 0 Å². The van der Waals surface area contributed by atoms with Crippen LogP contribution in [0.15, 0.2) is 0 Å². The normalized spacial score (nSPS) is 21.5. The van der Waals surface area contributed by atoms with Crippen LogP contribution < -0.4 is 10.6 Å². The Morgan fingerprint density at radius 1 is 1.23 bits per heavy atom. The van der Waals surface area contributed by atoms with E-state index in [0.717, 1.165) is 0 Å². The van der Waals surface area contributed by atoms with Gasteiger partial charge in [-0.05, 0) is 12.3 Å². The van der Waals surface area contributed by atoms with E-state index >= 15 is 0 Å². The second-order valence-corrected chi connectivity index (χ2v) is 6.97. The number of hydrogen-bond donors (Lipinski definition) is 2. The number of amides is 2. The van der Waals surface area contributed by atoms with Crippen molar-refractivity contribution in [2.45, 2.75) is 44.9 Å². The molecule has 2 unspecified atom stereocenters. The van der Waals surface area contributed by atoms with Gasteiger partial charge in [-0.1, -0.05) is 13.8 Å². The molecule has 0 spiro atoms. The van der Waals surface area contributed by atoms with E-state index in [1.54, 1.807) is 13.8 Å². The maximum Gasteiger partial charge on any atom is 0.405 e. The Balaban J connectivity index is 0.00000338. The van der Waals surface area contributed by atoms with Gasteiger partial charge in [-0.3, -0.25) is 14.5 Å². The molecule has 2 saturated heterocycles. The lowest BCUT2D eigenvalue weighted by Gasteiger charge is -2.36. The Labute approximate surface area is 158 Å². The van der Waals surface area contributed by atoms with Crippen LogP contribution in [0.25, 0.3) is 0 Å². The second kappa shape index (κ2) is 9.75. The molecule has 2 amide bonds. The molecular weight excluding hydrogens is 373 g/mol. The molecule has 2 aliphatic rings. The summed E-state index contributed by atoms with van der Waals surface area (Å²) in [5, 5.41) is 5.47. The van der Waals surface area contributed by atoms with Gasteiger partial charge < -0.3 is 15.5 Å². The molecule has 0 aromatic heterocycles. The number of alkyl halides is 3. The fourth-order valence-corrected chi connectivity index (χ4v) is 3.51. The lowest BCUT2D eigenvalue weighted by molar-refractivity contribution is -0.184. The van der Waals surface area contributed by atoms with Gasteiger partial charge >= 0.3 is 6.18 Å². The van der Waals surface area contributed by atoms with Crippen LogP contribution in [0.4, 0.5) is 13.2 Å². The van der Waals surface area contributed by atoms with Crippen molar-refractivity contribution in [2.24, 2.45) is 5.92 Å². The van der Waals surface area contributed by atoms with E-state index in [1.165, 1.54) is 9.80 Å². The molecule has 2 aliphatic heterocycles. The number of nitrogens with one attached hydrogen (secondary N) is 2. The summed E-state index contributed by atoms with van der Waals surface area (Å²) in [5.74, 6) is -0.775. The molecule has 0 aromatic rings. The minimum atomic E-state index is -4.42. The first kappa shape index (κ1) is 23.0.